The van der Waals surface area contributed by atoms with Crippen molar-refractivity contribution >= 4 is 5.95 Å². The van der Waals surface area contributed by atoms with Gasteiger partial charge in [-0.05, 0) is 25.1 Å². The monoisotopic (exact) mass is 257 g/mol. The first-order chi connectivity index (χ1) is 8.47. The fourth-order valence-corrected chi connectivity index (χ4v) is 1.39. The molecule has 0 aliphatic heterocycles. The first kappa shape index (κ1) is 12.4. The van der Waals surface area contributed by atoms with Crippen molar-refractivity contribution in [2.24, 2.45) is 0 Å². The maximum Gasteiger partial charge on any atom is 0.433 e. The molecule has 0 bridgehead atoms. The van der Waals surface area contributed by atoms with Crippen LogP contribution >= 0.6 is 0 Å². The van der Waals surface area contributed by atoms with Crippen LogP contribution in [0, 0.1) is 0 Å². The van der Waals surface area contributed by atoms with Crippen LogP contribution in [0.3, 0.4) is 0 Å². The van der Waals surface area contributed by atoms with Crippen molar-refractivity contribution in [3.63, 3.8) is 0 Å². The molecule has 0 aliphatic rings. The Kier molecular flexibility index (Phi) is 3.22. The number of anilines is 1. The molecule has 96 valence electrons. The lowest BCUT2D eigenvalue weighted by atomic mass is 10.2. The van der Waals surface area contributed by atoms with E-state index in [1.54, 1.807) is 19.1 Å². The molecule has 0 saturated carbocycles. The van der Waals surface area contributed by atoms with Gasteiger partial charge in [0, 0.05) is 6.20 Å². The summed E-state index contributed by atoms with van der Waals surface area (Å²) in [4.78, 5) is 7.14. The highest BCUT2D eigenvalue weighted by Gasteiger charge is 2.32. The highest BCUT2D eigenvalue weighted by Crippen LogP contribution is 2.28. The van der Waals surface area contributed by atoms with E-state index < -0.39 is 11.9 Å². The Morgan fingerprint density at radius 1 is 1.33 bits per heavy atom. The number of furan rings is 1. The molecule has 7 heteroatoms. The molecule has 0 aromatic carbocycles. The summed E-state index contributed by atoms with van der Waals surface area (Å²) in [5, 5.41) is 2.74. The SMILES string of the molecule is CC(Nc1nccc(C(F)(F)F)n1)c1ccco1. The van der Waals surface area contributed by atoms with E-state index in [0.29, 0.717) is 5.76 Å². The lowest BCUT2D eigenvalue weighted by molar-refractivity contribution is -0.141. The summed E-state index contributed by atoms with van der Waals surface area (Å²) in [6, 6.07) is 3.91. The number of halogens is 3. The fraction of sp³-hybridized carbons (Fsp3) is 0.273. The number of alkyl halides is 3. The van der Waals surface area contributed by atoms with Crippen molar-refractivity contribution in [1.82, 2.24) is 9.97 Å². The second-order valence-corrected chi connectivity index (χ2v) is 3.64. The minimum Gasteiger partial charge on any atom is -0.467 e. The minimum atomic E-state index is -4.48. The predicted molar refractivity (Wildman–Crippen MR) is 57.8 cm³/mol. The van der Waals surface area contributed by atoms with Crippen molar-refractivity contribution in [3.05, 3.63) is 42.1 Å². The molecule has 1 unspecified atom stereocenters. The zero-order valence-corrected chi connectivity index (χ0v) is 9.40. The highest BCUT2D eigenvalue weighted by atomic mass is 19.4. The average molecular weight is 257 g/mol. The first-order valence-electron chi connectivity index (χ1n) is 5.17. The Morgan fingerprint density at radius 3 is 2.72 bits per heavy atom. The van der Waals surface area contributed by atoms with Gasteiger partial charge in [0.05, 0.1) is 12.3 Å². The summed E-state index contributed by atoms with van der Waals surface area (Å²) in [5.74, 6) is 0.504. The number of hydrogen-bond donors (Lipinski definition) is 1. The average Bonchev–Trinajstić information content (AvgIpc) is 2.81. The van der Waals surface area contributed by atoms with Gasteiger partial charge >= 0.3 is 6.18 Å². The summed E-state index contributed by atoms with van der Waals surface area (Å²) in [7, 11) is 0. The largest absolute Gasteiger partial charge is 0.467 e. The van der Waals surface area contributed by atoms with Gasteiger partial charge in [0.25, 0.3) is 0 Å². The van der Waals surface area contributed by atoms with Crippen molar-refractivity contribution in [1.29, 1.82) is 0 Å². The zero-order chi connectivity index (χ0) is 13.2. The summed E-state index contributed by atoms with van der Waals surface area (Å²) < 4.78 is 42.5. The number of hydrogen-bond acceptors (Lipinski definition) is 4. The van der Waals surface area contributed by atoms with Crippen LogP contribution in [0.2, 0.25) is 0 Å². The molecule has 18 heavy (non-hydrogen) atoms. The van der Waals surface area contributed by atoms with Gasteiger partial charge in [-0.3, -0.25) is 0 Å². The van der Waals surface area contributed by atoms with E-state index in [9.17, 15) is 13.2 Å². The van der Waals surface area contributed by atoms with Crippen LogP contribution in [0.4, 0.5) is 19.1 Å². The Hall–Kier alpha value is -2.05. The Balaban J connectivity index is 2.15. The summed E-state index contributed by atoms with van der Waals surface area (Å²) in [6.07, 6.45) is -1.93. The van der Waals surface area contributed by atoms with Crippen molar-refractivity contribution < 1.29 is 17.6 Å². The molecule has 0 fully saturated rings. The van der Waals surface area contributed by atoms with Crippen molar-refractivity contribution in [2.75, 3.05) is 5.32 Å². The standard InChI is InChI=1S/C11H10F3N3O/c1-7(8-3-2-6-18-8)16-10-15-5-4-9(17-10)11(12,13)14/h2-7H,1H3,(H,15,16,17). The third kappa shape index (κ3) is 2.79. The maximum absolute atomic E-state index is 12.4. The lowest BCUT2D eigenvalue weighted by Crippen LogP contribution is -2.13. The Labute approximate surface area is 101 Å². The van der Waals surface area contributed by atoms with Gasteiger partial charge in [-0.2, -0.15) is 13.2 Å². The molecule has 0 saturated heterocycles. The normalized spacial score (nSPS) is 13.3. The fourth-order valence-electron chi connectivity index (χ4n) is 1.39. The molecule has 0 aliphatic carbocycles. The van der Waals surface area contributed by atoms with E-state index in [1.807, 2.05) is 0 Å². The minimum absolute atomic E-state index is 0.0891. The highest BCUT2D eigenvalue weighted by molar-refractivity contribution is 5.29. The molecular formula is C11H10F3N3O. The summed E-state index contributed by atoms with van der Waals surface area (Å²) >= 11 is 0. The number of nitrogens with one attached hydrogen (secondary N) is 1. The third-order valence-electron chi connectivity index (χ3n) is 2.26. The van der Waals surface area contributed by atoms with Crippen LogP contribution in [-0.2, 0) is 6.18 Å². The molecule has 0 amide bonds. The van der Waals surface area contributed by atoms with Crippen molar-refractivity contribution in [2.45, 2.75) is 19.1 Å². The van der Waals surface area contributed by atoms with E-state index in [4.69, 9.17) is 4.42 Å². The van der Waals surface area contributed by atoms with Crippen LogP contribution < -0.4 is 5.32 Å². The van der Waals surface area contributed by atoms with E-state index in [2.05, 4.69) is 15.3 Å². The van der Waals surface area contributed by atoms with E-state index >= 15 is 0 Å². The molecule has 1 N–H and O–H groups in total. The number of rotatable bonds is 3. The molecule has 2 aromatic rings. The first-order valence-corrected chi connectivity index (χ1v) is 5.17. The lowest BCUT2D eigenvalue weighted by Gasteiger charge is -2.12. The van der Waals surface area contributed by atoms with Gasteiger partial charge in [0.15, 0.2) is 0 Å². The molecule has 2 rings (SSSR count). The smallest absolute Gasteiger partial charge is 0.433 e. The molecule has 4 nitrogen and oxygen atoms in total. The predicted octanol–water partition coefficient (Wildman–Crippen LogP) is 3.26. The maximum atomic E-state index is 12.4. The van der Waals surface area contributed by atoms with Crippen LogP contribution in [0.1, 0.15) is 24.4 Å². The van der Waals surface area contributed by atoms with Gasteiger partial charge in [-0.25, -0.2) is 9.97 Å². The Bertz CT molecular complexity index is 511. The van der Waals surface area contributed by atoms with Gasteiger partial charge in [-0.1, -0.05) is 0 Å². The summed E-state index contributed by atoms with van der Waals surface area (Å²) in [5.41, 5.74) is -0.980. The Morgan fingerprint density at radius 2 is 2.11 bits per heavy atom. The molecular weight excluding hydrogens is 247 g/mol. The van der Waals surface area contributed by atoms with Gasteiger partial charge in [-0.15, -0.1) is 0 Å². The van der Waals surface area contributed by atoms with Gasteiger partial charge < -0.3 is 9.73 Å². The van der Waals surface area contributed by atoms with Gasteiger partial charge in [0.1, 0.15) is 11.5 Å². The number of nitrogens with zero attached hydrogens (tertiary/aromatic N) is 2. The van der Waals surface area contributed by atoms with E-state index in [0.717, 1.165) is 12.3 Å². The van der Waals surface area contributed by atoms with Gasteiger partial charge in [0.2, 0.25) is 5.95 Å². The third-order valence-corrected chi connectivity index (χ3v) is 2.26. The van der Waals surface area contributed by atoms with Crippen LogP contribution in [0.15, 0.2) is 35.1 Å². The molecule has 0 spiro atoms. The second kappa shape index (κ2) is 4.67. The topological polar surface area (TPSA) is 51.0 Å². The number of aromatic nitrogens is 2. The van der Waals surface area contributed by atoms with Crippen LogP contribution in [-0.4, -0.2) is 9.97 Å². The molecule has 1 atom stereocenters. The van der Waals surface area contributed by atoms with E-state index in [1.165, 1.54) is 6.26 Å². The second-order valence-electron chi connectivity index (χ2n) is 3.64. The zero-order valence-electron chi connectivity index (χ0n) is 9.40. The molecule has 2 heterocycles. The molecule has 0 radical (unpaired) electrons. The van der Waals surface area contributed by atoms with E-state index in [-0.39, 0.29) is 12.0 Å². The quantitative estimate of drug-likeness (QED) is 0.916. The van der Waals surface area contributed by atoms with Crippen LogP contribution in [0.25, 0.3) is 0 Å². The molecule has 2 aromatic heterocycles. The van der Waals surface area contributed by atoms with Crippen LogP contribution in [0.5, 0.6) is 0 Å². The van der Waals surface area contributed by atoms with Crippen molar-refractivity contribution in [3.8, 4) is 0 Å². The summed E-state index contributed by atoms with van der Waals surface area (Å²) in [6.45, 7) is 1.74.